The van der Waals surface area contributed by atoms with Gasteiger partial charge in [0.1, 0.15) is 0 Å². The minimum absolute atomic E-state index is 0.218. The van der Waals surface area contributed by atoms with Crippen LogP contribution in [0.3, 0.4) is 0 Å². The van der Waals surface area contributed by atoms with Gasteiger partial charge in [-0.3, -0.25) is 0 Å². The van der Waals surface area contributed by atoms with E-state index in [2.05, 4.69) is 9.72 Å². The molecular weight excluding hydrogens is 286 g/mol. The lowest BCUT2D eigenvalue weighted by atomic mass is 10.1. The molecule has 0 atom stereocenters. The fraction of sp³-hybridized carbons (Fsp3) is 0.375. The summed E-state index contributed by atoms with van der Waals surface area (Å²) in [5.74, 6) is -2.83. The Morgan fingerprint density at radius 3 is 2.16 bits per heavy atom. The summed E-state index contributed by atoms with van der Waals surface area (Å²) in [6.07, 6.45) is -10.2. The molecule has 0 amide bonds. The lowest BCUT2D eigenvalue weighted by molar-refractivity contribution is -0.393. The van der Waals surface area contributed by atoms with Gasteiger partial charge in [-0.2, -0.15) is 13.2 Å². The van der Waals surface area contributed by atoms with Gasteiger partial charge in [-0.25, -0.2) is 0 Å². The Bertz CT molecular complexity index is 510. The highest BCUT2D eigenvalue weighted by Crippen LogP contribution is 2.41. The molecule has 1 heterocycles. The molecule has 0 saturated heterocycles. The summed E-state index contributed by atoms with van der Waals surface area (Å²) in [6.45, 7) is 0.624. The van der Waals surface area contributed by atoms with Crippen LogP contribution in [0.4, 0.5) is 32.2 Å². The Labute approximate surface area is 101 Å². The maximum Gasteiger partial charge on any atom is 0.573 e. The standard InChI is InChI=1S/C8H4F6N2O3/c1-3-4(19-8(12,13)14)2-15-6(16(17)18)5(3)7(9,10)11/h2H,1H3. The number of nitrogens with zero attached hydrogens (tertiary/aromatic N) is 2. The number of ether oxygens (including phenoxy) is 1. The van der Waals surface area contributed by atoms with Crippen LogP contribution >= 0.6 is 0 Å². The molecule has 1 aromatic heterocycles. The number of aromatic nitrogens is 1. The Morgan fingerprint density at radius 2 is 1.79 bits per heavy atom. The first-order chi connectivity index (χ1) is 8.43. The van der Waals surface area contributed by atoms with Gasteiger partial charge in [-0.1, -0.05) is 0 Å². The van der Waals surface area contributed by atoms with E-state index in [0.29, 0.717) is 6.92 Å². The van der Waals surface area contributed by atoms with E-state index in [9.17, 15) is 36.5 Å². The molecule has 0 fully saturated rings. The highest BCUT2D eigenvalue weighted by Gasteiger charge is 2.44. The zero-order valence-electron chi connectivity index (χ0n) is 8.96. The van der Waals surface area contributed by atoms with E-state index in [-0.39, 0.29) is 6.20 Å². The largest absolute Gasteiger partial charge is 0.573 e. The maximum atomic E-state index is 12.6. The Balaban J connectivity index is 3.47. The number of nitro groups is 1. The molecule has 0 aromatic carbocycles. The zero-order valence-corrected chi connectivity index (χ0v) is 8.96. The zero-order chi connectivity index (χ0) is 15.0. The van der Waals surface area contributed by atoms with Crippen LogP contribution in [0.1, 0.15) is 11.1 Å². The monoisotopic (exact) mass is 290 g/mol. The Kier molecular flexibility index (Phi) is 3.59. The van der Waals surface area contributed by atoms with Crippen molar-refractivity contribution in [2.75, 3.05) is 0 Å². The second-order valence-corrected chi connectivity index (χ2v) is 3.25. The number of alkyl halides is 6. The van der Waals surface area contributed by atoms with Crippen molar-refractivity contribution in [2.24, 2.45) is 0 Å². The number of hydrogen-bond donors (Lipinski definition) is 0. The molecule has 0 bridgehead atoms. The third-order valence-corrected chi connectivity index (χ3v) is 1.95. The third-order valence-electron chi connectivity index (χ3n) is 1.95. The summed E-state index contributed by atoms with van der Waals surface area (Å²) in [5, 5.41) is 10.4. The van der Waals surface area contributed by atoms with Gasteiger partial charge in [0.15, 0.2) is 17.5 Å². The fourth-order valence-electron chi connectivity index (χ4n) is 1.28. The molecule has 0 saturated carbocycles. The van der Waals surface area contributed by atoms with E-state index >= 15 is 0 Å². The molecule has 11 heteroatoms. The first-order valence-electron chi connectivity index (χ1n) is 4.40. The predicted octanol–water partition coefficient (Wildman–Crippen LogP) is 3.22. The number of hydrogen-bond acceptors (Lipinski definition) is 4. The van der Waals surface area contributed by atoms with Crippen molar-refractivity contribution in [3.8, 4) is 5.75 Å². The van der Waals surface area contributed by atoms with Crippen LogP contribution in [-0.2, 0) is 6.18 Å². The molecule has 0 N–H and O–H groups in total. The van der Waals surface area contributed by atoms with Gasteiger partial charge in [-0.05, 0) is 16.8 Å². The van der Waals surface area contributed by atoms with Crippen LogP contribution in [0.5, 0.6) is 5.75 Å². The van der Waals surface area contributed by atoms with Crippen molar-refractivity contribution in [1.29, 1.82) is 0 Å². The van der Waals surface area contributed by atoms with Crippen LogP contribution in [0, 0.1) is 17.0 Å². The first kappa shape index (κ1) is 15.0. The van der Waals surface area contributed by atoms with E-state index in [4.69, 9.17) is 0 Å². The van der Waals surface area contributed by atoms with Crippen molar-refractivity contribution in [3.63, 3.8) is 0 Å². The van der Waals surface area contributed by atoms with Crippen molar-refractivity contribution >= 4 is 5.82 Å². The summed E-state index contributed by atoms with van der Waals surface area (Å²) >= 11 is 0. The average molecular weight is 290 g/mol. The molecule has 0 unspecified atom stereocenters. The van der Waals surface area contributed by atoms with Crippen LogP contribution in [-0.4, -0.2) is 16.3 Å². The van der Waals surface area contributed by atoms with E-state index in [1.165, 1.54) is 0 Å². The Morgan fingerprint density at radius 1 is 1.26 bits per heavy atom. The van der Waals surface area contributed by atoms with E-state index in [0.717, 1.165) is 0 Å². The van der Waals surface area contributed by atoms with Crippen molar-refractivity contribution in [1.82, 2.24) is 4.98 Å². The number of pyridine rings is 1. The smallest absolute Gasteiger partial charge is 0.401 e. The van der Waals surface area contributed by atoms with Crippen molar-refractivity contribution in [2.45, 2.75) is 19.5 Å². The molecule has 1 aromatic rings. The highest BCUT2D eigenvalue weighted by molar-refractivity contribution is 5.48. The summed E-state index contributed by atoms with van der Waals surface area (Å²) in [6, 6.07) is 0. The third kappa shape index (κ3) is 3.45. The van der Waals surface area contributed by atoms with Crippen LogP contribution in [0.25, 0.3) is 0 Å². The molecule has 0 aliphatic rings. The maximum absolute atomic E-state index is 12.6. The quantitative estimate of drug-likeness (QED) is 0.476. The minimum atomic E-state index is -5.23. The molecule has 0 spiro atoms. The first-order valence-corrected chi connectivity index (χ1v) is 4.40. The molecule has 0 aliphatic carbocycles. The summed E-state index contributed by atoms with van der Waals surface area (Å²) < 4.78 is 77.0. The normalized spacial score (nSPS) is 12.4. The second-order valence-electron chi connectivity index (χ2n) is 3.25. The topological polar surface area (TPSA) is 65.3 Å². The van der Waals surface area contributed by atoms with Crippen molar-refractivity contribution in [3.05, 3.63) is 27.4 Å². The molecular formula is C8H4F6N2O3. The number of halogens is 6. The molecule has 0 aliphatic heterocycles. The summed E-state index contributed by atoms with van der Waals surface area (Å²) in [4.78, 5) is 11.7. The molecule has 1 rings (SSSR count). The summed E-state index contributed by atoms with van der Waals surface area (Å²) in [5.41, 5.74) is -2.94. The van der Waals surface area contributed by atoms with Gasteiger partial charge in [-0.15, -0.1) is 13.2 Å². The molecule has 106 valence electrons. The molecule has 0 radical (unpaired) electrons. The van der Waals surface area contributed by atoms with Crippen LogP contribution in [0.2, 0.25) is 0 Å². The Hall–Kier alpha value is -2.07. The predicted molar refractivity (Wildman–Crippen MR) is 47.3 cm³/mol. The van der Waals surface area contributed by atoms with Gasteiger partial charge in [0.05, 0.1) is 0 Å². The molecule has 5 nitrogen and oxygen atoms in total. The van der Waals surface area contributed by atoms with Gasteiger partial charge in [0.25, 0.3) is 0 Å². The number of rotatable bonds is 2. The lowest BCUT2D eigenvalue weighted by Crippen LogP contribution is -2.20. The van der Waals surface area contributed by atoms with E-state index < -0.39 is 40.2 Å². The minimum Gasteiger partial charge on any atom is -0.401 e. The SMILES string of the molecule is Cc1c(OC(F)(F)F)cnc([N+](=O)[O-])c1C(F)(F)F. The average Bonchev–Trinajstić information content (AvgIpc) is 2.16. The van der Waals surface area contributed by atoms with Crippen LogP contribution < -0.4 is 4.74 Å². The lowest BCUT2D eigenvalue weighted by Gasteiger charge is -2.14. The molecule has 19 heavy (non-hydrogen) atoms. The van der Waals surface area contributed by atoms with Crippen LogP contribution in [0.15, 0.2) is 6.20 Å². The van der Waals surface area contributed by atoms with Gasteiger partial charge >= 0.3 is 18.4 Å². The van der Waals surface area contributed by atoms with Gasteiger partial charge < -0.3 is 14.9 Å². The summed E-state index contributed by atoms with van der Waals surface area (Å²) in [7, 11) is 0. The van der Waals surface area contributed by atoms with Gasteiger partial charge in [0.2, 0.25) is 0 Å². The van der Waals surface area contributed by atoms with Crippen molar-refractivity contribution < 1.29 is 36.0 Å². The van der Waals surface area contributed by atoms with E-state index in [1.54, 1.807) is 0 Å². The fourth-order valence-corrected chi connectivity index (χ4v) is 1.28. The van der Waals surface area contributed by atoms with Gasteiger partial charge in [0, 0.05) is 5.56 Å². The highest BCUT2D eigenvalue weighted by atomic mass is 19.4. The van der Waals surface area contributed by atoms with E-state index in [1.807, 2.05) is 0 Å². The second kappa shape index (κ2) is 4.55.